The zero-order chi connectivity index (χ0) is 21.2. The van der Waals surface area contributed by atoms with Crippen LogP contribution in [0.1, 0.15) is 36.9 Å². The lowest BCUT2D eigenvalue weighted by Crippen LogP contribution is -2.32. The number of pyridine rings is 1. The van der Waals surface area contributed by atoms with Crippen LogP contribution in [0.15, 0.2) is 23.2 Å². The summed E-state index contributed by atoms with van der Waals surface area (Å²) in [7, 11) is -4.52. The van der Waals surface area contributed by atoms with Crippen LogP contribution >= 0.6 is 0 Å². The summed E-state index contributed by atoms with van der Waals surface area (Å²) in [5, 5.41) is 14.6. The van der Waals surface area contributed by atoms with E-state index in [2.05, 4.69) is 15.5 Å². The van der Waals surface area contributed by atoms with E-state index in [1.807, 2.05) is 0 Å². The number of nitrogens with one attached hydrogen (secondary N) is 1. The predicted molar refractivity (Wildman–Crippen MR) is 94.6 cm³/mol. The predicted octanol–water partition coefficient (Wildman–Crippen LogP) is 2.61. The highest BCUT2D eigenvalue weighted by Crippen LogP contribution is 2.35. The van der Waals surface area contributed by atoms with Gasteiger partial charge in [-0.25, -0.2) is 9.99 Å². The molecule has 2 N–H and O–H groups in total. The second kappa shape index (κ2) is 7.97. The third kappa shape index (κ3) is 4.66. The highest BCUT2D eigenvalue weighted by atomic mass is 32.2. The number of nitriles is 1. The van der Waals surface area contributed by atoms with Gasteiger partial charge in [0.15, 0.2) is 17.3 Å². The van der Waals surface area contributed by atoms with Gasteiger partial charge in [-0.3, -0.25) is 4.55 Å². The summed E-state index contributed by atoms with van der Waals surface area (Å²) in [6, 6.07) is 3.61. The molecular weight excluding hydrogens is 413 g/mol. The Labute approximate surface area is 164 Å². The Kier molecular flexibility index (Phi) is 5.78. The van der Waals surface area contributed by atoms with E-state index < -0.39 is 32.4 Å². The fourth-order valence-electron chi connectivity index (χ4n) is 2.97. The quantitative estimate of drug-likeness (QED) is 0.710. The molecule has 1 aliphatic heterocycles. The summed E-state index contributed by atoms with van der Waals surface area (Å²) < 4.78 is 72.4. The first-order valence-corrected chi connectivity index (χ1v) is 10.1. The van der Waals surface area contributed by atoms with Gasteiger partial charge in [0.05, 0.1) is 6.20 Å². The average Bonchev–Trinajstić information content (AvgIpc) is 2.82. The smallest absolute Gasteiger partial charge is 0.302 e. The molecule has 2 aromatic rings. The maximum Gasteiger partial charge on any atom is 0.436 e. The van der Waals surface area contributed by atoms with E-state index in [0.29, 0.717) is 13.1 Å². The third-order valence-corrected chi connectivity index (χ3v) is 5.21. The van der Waals surface area contributed by atoms with Gasteiger partial charge >= 0.3 is 6.18 Å². The zero-order valence-electron chi connectivity index (χ0n) is 15.0. The maximum absolute atomic E-state index is 13.4. The minimum atomic E-state index is -4.88. The summed E-state index contributed by atoms with van der Waals surface area (Å²) in [5.74, 6) is -0.365. The molecule has 0 unspecified atom stereocenters. The van der Waals surface area contributed by atoms with E-state index >= 15 is 0 Å². The standard InChI is InChI=1S/C16H17F3N6O3S/c17-16(18,19)14-12(9-20)15(23-24-7-3-1-2-4-8-24)25(22-14)13-6-5-11(10-21-13)29(26,27)28/h5-6,10,23H,1-4,7-8H2,(H,26,27,28). The van der Waals surface area contributed by atoms with Gasteiger partial charge in [0.1, 0.15) is 16.5 Å². The van der Waals surface area contributed by atoms with Gasteiger partial charge in [0.2, 0.25) is 0 Å². The molecule has 156 valence electrons. The second-order valence-corrected chi connectivity index (χ2v) is 7.86. The topological polar surface area (TPSA) is 124 Å². The summed E-state index contributed by atoms with van der Waals surface area (Å²) >= 11 is 0. The molecule has 1 aliphatic rings. The van der Waals surface area contributed by atoms with Gasteiger partial charge in [-0.1, -0.05) is 12.8 Å². The highest BCUT2D eigenvalue weighted by molar-refractivity contribution is 7.85. The Morgan fingerprint density at radius 3 is 2.31 bits per heavy atom. The molecule has 0 atom stereocenters. The number of hydrogen-bond acceptors (Lipinski definition) is 7. The molecular formula is C16H17F3N6O3S. The first-order chi connectivity index (χ1) is 13.6. The van der Waals surface area contributed by atoms with Crippen molar-refractivity contribution in [3.8, 4) is 11.9 Å². The van der Waals surface area contributed by atoms with E-state index in [1.54, 1.807) is 11.1 Å². The Morgan fingerprint density at radius 1 is 1.17 bits per heavy atom. The lowest BCUT2D eigenvalue weighted by molar-refractivity contribution is -0.141. The summed E-state index contributed by atoms with van der Waals surface area (Å²) in [5.41, 5.74) is 0.779. The van der Waals surface area contributed by atoms with Crippen molar-refractivity contribution in [3.05, 3.63) is 29.6 Å². The molecule has 0 spiro atoms. The van der Waals surface area contributed by atoms with Crippen molar-refractivity contribution in [2.45, 2.75) is 36.8 Å². The van der Waals surface area contributed by atoms with Crippen LogP contribution in [0.5, 0.6) is 0 Å². The molecule has 13 heteroatoms. The van der Waals surface area contributed by atoms with Crippen LogP contribution in [0, 0.1) is 11.3 Å². The lowest BCUT2D eigenvalue weighted by atomic mass is 10.2. The monoisotopic (exact) mass is 430 g/mol. The molecule has 0 aromatic carbocycles. The number of hydrazine groups is 1. The Bertz CT molecular complexity index is 1020. The van der Waals surface area contributed by atoms with Gasteiger partial charge in [0.25, 0.3) is 10.1 Å². The van der Waals surface area contributed by atoms with Crippen LogP contribution in [0.4, 0.5) is 19.0 Å². The molecule has 1 fully saturated rings. The molecule has 0 radical (unpaired) electrons. The Morgan fingerprint density at radius 2 is 1.83 bits per heavy atom. The first-order valence-electron chi connectivity index (χ1n) is 8.67. The fraction of sp³-hybridized carbons (Fsp3) is 0.438. The molecule has 9 nitrogen and oxygen atoms in total. The van der Waals surface area contributed by atoms with Crippen molar-refractivity contribution in [3.63, 3.8) is 0 Å². The van der Waals surface area contributed by atoms with Crippen molar-refractivity contribution in [1.29, 1.82) is 5.26 Å². The number of anilines is 1. The van der Waals surface area contributed by atoms with Crippen LogP contribution < -0.4 is 5.43 Å². The maximum atomic E-state index is 13.4. The largest absolute Gasteiger partial charge is 0.436 e. The number of rotatable bonds is 4. The van der Waals surface area contributed by atoms with Crippen molar-refractivity contribution in [2.24, 2.45) is 0 Å². The Hall–Kier alpha value is -2.69. The number of nitrogens with zero attached hydrogens (tertiary/aromatic N) is 5. The van der Waals surface area contributed by atoms with Crippen molar-refractivity contribution in [2.75, 3.05) is 18.5 Å². The van der Waals surface area contributed by atoms with Crippen molar-refractivity contribution < 1.29 is 26.1 Å². The van der Waals surface area contributed by atoms with Gasteiger partial charge in [0, 0.05) is 13.1 Å². The average molecular weight is 430 g/mol. The zero-order valence-corrected chi connectivity index (χ0v) is 15.8. The minimum Gasteiger partial charge on any atom is -0.302 e. The molecule has 3 rings (SSSR count). The van der Waals surface area contributed by atoms with Gasteiger partial charge in [-0.05, 0) is 25.0 Å². The summed E-state index contributed by atoms with van der Waals surface area (Å²) in [4.78, 5) is 3.26. The molecule has 0 amide bonds. The fourth-order valence-corrected chi connectivity index (χ4v) is 3.40. The molecule has 0 aliphatic carbocycles. The molecule has 29 heavy (non-hydrogen) atoms. The first kappa shape index (κ1) is 21.0. The minimum absolute atomic E-state index is 0.151. The van der Waals surface area contributed by atoms with Crippen molar-refractivity contribution in [1.82, 2.24) is 19.8 Å². The number of hydrogen-bond donors (Lipinski definition) is 2. The lowest BCUT2D eigenvalue weighted by Gasteiger charge is -2.22. The number of aromatic nitrogens is 3. The normalized spacial score (nSPS) is 16.2. The Balaban J connectivity index is 2.09. The SMILES string of the molecule is N#Cc1c(C(F)(F)F)nn(-c2ccc(S(=O)(=O)O)cn2)c1NN1CCCCCC1. The summed E-state index contributed by atoms with van der Waals surface area (Å²) in [6.07, 6.45) is -0.405. The second-order valence-electron chi connectivity index (χ2n) is 6.43. The number of alkyl halides is 3. The molecule has 1 saturated heterocycles. The van der Waals surface area contributed by atoms with Crippen LogP contribution in [-0.4, -0.2) is 45.8 Å². The van der Waals surface area contributed by atoms with Crippen LogP contribution in [0.3, 0.4) is 0 Å². The van der Waals surface area contributed by atoms with Crippen LogP contribution in [-0.2, 0) is 16.3 Å². The number of halogens is 3. The molecule has 0 saturated carbocycles. The van der Waals surface area contributed by atoms with Crippen LogP contribution in [0.2, 0.25) is 0 Å². The van der Waals surface area contributed by atoms with E-state index in [4.69, 9.17) is 4.55 Å². The summed E-state index contributed by atoms with van der Waals surface area (Å²) in [6.45, 7) is 1.15. The third-order valence-electron chi connectivity index (χ3n) is 4.37. The molecule has 2 aromatic heterocycles. The van der Waals surface area contributed by atoms with E-state index in [0.717, 1.165) is 48.7 Å². The van der Waals surface area contributed by atoms with Gasteiger partial charge < -0.3 is 5.43 Å². The molecule has 3 heterocycles. The highest BCUT2D eigenvalue weighted by Gasteiger charge is 2.40. The van der Waals surface area contributed by atoms with Crippen LogP contribution in [0.25, 0.3) is 5.82 Å². The van der Waals surface area contributed by atoms with Gasteiger partial charge in [-0.2, -0.15) is 36.6 Å². The van der Waals surface area contributed by atoms with E-state index in [-0.39, 0.29) is 11.6 Å². The van der Waals surface area contributed by atoms with Crippen molar-refractivity contribution >= 4 is 15.9 Å². The van der Waals surface area contributed by atoms with E-state index in [9.17, 15) is 26.9 Å². The van der Waals surface area contributed by atoms with E-state index in [1.165, 1.54) is 0 Å². The van der Waals surface area contributed by atoms with Gasteiger partial charge in [-0.15, -0.1) is 0 Å². The molecule has 0 bridgehead atoms.